The van der Waals surface area contributed by atoms with Gasteiger partial charge in [-0.2, -0.15) is 0 Å². The molecule has 4 heterocycles. The summed E-state index contributed by atoms with van der Waals surface area (Å²) in [5, 5.41) is 0. The summed E-state index contributed by atoms with van der Waals surface area (Å²) in [7, 11) is 0. The molecule has 2 aromatic rings. The summed E-state index contributed by atoms with van der Waals surface area (Å²) in [6.45, 7) is 9.24. The number of carbonyl (C=O) groups excluding carboxylic acids is 1. The number of benzene rings is 1. The number of ether oxygens (including phenoxy) is 1. The number of nitrogens with zero attached hydrogens (tertiary/aromatic N) is 4. The number of imidazole rings is 1. The molecule has 0 radical (unpaired) electrons. The van der Waals surface area contributed by atoms with Gasteiger partial charge in [0.2, 0.25) is 5.95 Å². The Balaban J connectivity index is 1.18. The highest BCUT2D eigenvalue weighted by molar-refractivity contribution is 5.83. The first-order valence-electron chi connectivity index (χ1n) is 16.5. The second kappa shape index (κ2) is 10.3. The molecule has 6 heteroatoms. The van der Waals surface area contributed by atoms with Crippen LogP contribution in [0.4, 0.5) is 5.95 Å². The Morgan fingerprint density at radius 3 is 2.25 bits per heavy atom. The van der Waals surface area contributed by atoms with Gasteiger partial charge >= 0.3 is 5.97 Å². The summed E-state index contributed by atoms with van der Waals surface area (Å²) in [6.07, 6.45) is 15.6. The topological polar surface area (TPSA) is 50.6 Å². The van der Waals surface area contributed by atoms with Gasteiger partial charge in [0.15, 0.2) is 0 Å². The fraction of sp³-hybridized carbons (Fsp3) is 0.765. The number of piperidine rings is 2. The molecular weight excluding hydrogens is 496 g/mol. The summed E-state index contributed by atoms with van der Waals surface area (Å²) in [6, 6.07) is 11.0. The zero-order chi connectivity index (χ0) is 27.6. The third kappa shape index (κ3) is 4.97. The first-order valence-corrected chi connectivity index (χ1v) is 16.5. The second-order valence-electron chi connectivity index (χ2n) is 15.1. The molecule has 5 aliphatic rings. The van der Waals surface area contributed by atoms with Crippen molar-refractivity contribution >= 4 is 23.0 Å². The largest absolute Gasteiger partial charge is 0.458 e. The Morgan fingerprint density at radius 2 is 1.55 bits per heavy atom. The zero-order valence-corrected chi connectivity index (χ0v) is 25.2. The van der Waals surface area contributed by atoms with Gasteiger partial charge in [-0.25, -0.2) is 9.78 Å². The van der Waals surface area contributed by atoms with Crippen molar-refractivity contribution in [2.75, 3.05) is 11.4 Å². The van der Waals surface area contributed by atoms with Crippen LogP contribution in [0.2, 0.25) is 0 Å². The molecule has 2 aliphatic carbocycles. The number of carbonyl (C=O) groups is 1. The molecule has 8 atom stereocenters. The summed E-state index contributed by atoms with van der Waals surface area (Å²) < 4.78 is 8.44. The highest BCUT2D eigenvalue weighted by atomic mass is 16.6. The standard InChI is InChI=1S/C34H50N4O2/c1-22-15-23-17-24(16-22)19-27(18-23)37-25-9-7-10-26(37)21-28(20-25)38-30-12-6-5-11-29(30)35-33(38)36-14-8-13-31(36)32(39)40-34(2,3)4/h5-6,11-12,22-28,31H,7-10,13-21H2,1-4H3/t22?,23-,24+,25-,26+,27?,28?,31-/m0/s1. The number of fused-ring (bicyclic) bond motifs is 5. The molecule has 7 rings (SSSR count). The van der Waals surface area contributed by atoms with E-state index in [0.29, 0.717) is 18.1 Å². The lowest BCUT2D eigenvalue weighted by Gasteiger charge is -2.56. The SMILES string of the molecule is CC1C[C@@H]2CC(N3[C@@H]4CCC[C@H]3CC(n3c(N5CCC[C@H]5C(=O)OC(C)(C)C)nc5ccccc53)C4)C[C@H](C1)C2. The molecule has 6 nitrogen and oxygen atoms in total. The van der Waals surface area contributed by atoms with Crippen LogP contribution in [-0.2, 0) is 9.53 Å². The van der Waals surface area contributed by atoms with Crippen molar-refractivity contribution in [2.24, 2.45) is 17.8 Å². The van der Waals surface area contributed by atoms with Crippen molar-refractivity contribution in [1.82, 2.24) is 14.5 Å². The Labute approximate surface area is 240 Å². The van der Waals surface area contributed by atoms with Gasteiger partial charge in [-0.3, -0.25) is 4.90 Å². The number of rotatable bonds is 4. The summed E-state index contributed by atoms with van der Waals surface area (Å²) in [4.78, 5) is 23.9. The van der Waals surface area contributed by atoms with Gasteiger partial charge < -0.3 is 14.2 Å². The molecule has 5 fully saturated rings. The van der Waals surface area contributed by atoms with Crippen LogP contribution in [0.25, 0.3) is 11.0 Å². The second-order valence-corrected chi connectivity index (χ2v) is 15.1. The van der Waals surface area contributed by atoms with Crippen LogP contribution in [0, 0.1) is 17.8 Å². The maximum Gasteiger partial charge on any atom is 0.329 e. The van der Waals surface area contributed by atoms with E-state index in [2.05, 4.69) is 45.6 Å². The molecule has 1 aromatic heterocycles. The number of hydrogen-bond acceptors (Lipinski definition) is 5. The number of aromatic nitrogens is 2. The van der Waals surface area contributed by atoms with Crippen LogP contribution in [0.3, 0.4) is 0 Å². The highest BCUT2D eigenvalue weighted by Crippen LogP contribution is 2.49. The van der Waals surface area contributed by atoms with E-state index in [4.69, 9.17) is 9.72 Å². The molecule has 218 valence electrons. The van der Waals surface area contributed by atoms with Gasteiger partial charge in [0, 0.05) is 30.7 Å². The van der Waals surface area contributed by atoms with Crippen molar-refractivity contribution in [3.8, 4) is 0 Å². The molecule has 3 saturated heterocycles. The van der Waals surface area contributed by atoms with Gasteiger partial charge in [0.05, 0.1) is 11.0 Å². The lowest BCUT2D eigenvalue weighted by atomic mass is 9.65. The minimum atomic E-state index is -0.481. The van der Waals surface area contributed by atoms with Gasteiger partial charge in [-0.1, -0.05) is 25.5 Å². The van der Waals surface area contributed by atoms with Crippen molar-refractivity contribution in [2.45, 2.75) is 141 Å². The minimum absolute atomic E-state index is 0.104. The summed E-state index contributed by atoms with van der Waals surface area (Å²) in [5.74, 6) is 3.72. The van der Waals surface area contributed by atoms with E-state index < -0.39 is 5.60 Å². The van der Waals surface area contributed by atoms with Crippen LogP contribution in [0.5, 0.6) is 0 Å². The molecule has 1 aromatic carbocycles. The van der Waals surface area contributed by atoms with Crippen molar-refractivity contribution in [1.29, 1.82) is 0 Å². The van der Waals surface area contributed by atoms with Gasteiger partial charge in [-0.15, -0.1) is 0 Å². The molecular formula is C34H50N4O2. The molecule has 0 amide bonds. The van der Waals surface area contributed by atoms with E-state index >= 15 is 0 Å². The van der Waals surface area contributed by atoms with E-state index in [1.54, 1.807) is 0 Å². The molecule has 2 saturated carbocycles. The quantitative estimate of drug-likeness (QED) is 0.382. The van der Waals surface area contributed by atoms with Crippen LogP contribution in [0.1, 0.15) is 111 Å². The van der Waals surface area contributed by atoms with Crippen molar-refractivity contribution in [3.05, 3.63) is 24.3 Å². The van der Waals surface area contributed by atoms with E-state index in [1.807, 2.05) is 20.8 Å². The highest BCUT2D eigenvalue weighted by Gasteiger charge is 2.47. The van der Waals surface area contributed by atoms with E-state index in [-0.39, 0.29) is 12.0 Å². The van der Waals surface area contributed by atoms with E-state index in [9.17, 15) is 4.79 Å². The van der Waals surface area contributed by atoms with Crippen molar-refractivity contribution < 1.29 is 9.53 Å². The third-order valence-corrected chi connectivity index (χ3v) is 10.9. The van der Waals surface area contributed by atoms with Crippen LogP contribution < -0.4 is 4.90 Å². The smallest absolute Gasteiger partial charge is 0.329 e. The van der Waals surface area contributed by atoms with Crippen LogP contribution in [0.15, 0.2) is 24.3 Å². The maximum absolute atomic E-state index is 13.3. The number of hydrogen-bond donors (Lipinski definition) is 0. The molecule has 3 aliphatic heterocycles. The number of para-hydroxylation sites is 2. The summed E-state index contributed by atoms with van der Waals surface area (Å²) in [5.41, 5.74) is 1.80. The monoisotopic (exact) mass is 546 g/mol. The van der Waals surface area contributed by atoms with E-state index in [1.165, 1.54) is 69.7 Å². The molecule has 3 unspecified atom stereocenters. The average molecular weight is 547 g/mol. The first kappa shape index (κ1) is 26.8. The Kier molecular flexibility index (Phi) is 6.92. The Hall–Kier alpha value is -2.08. The Bertz CT molecular complexity index is 1200. The minimum Gasteiger partial charge on any atom is -0.458 e. The zero-order valence-electron chi connectivity index (χ0n) is 25.2. The predicted molar refractivity (Wildman–Crippen MR) is 160 cm³/mol. The lowest BCUT2D eigenvalue weighted by Crippen LogP contribution is -2.58. The first-order chi connectivity index (χ1) is 19.2. The van der Waals surface area contributed by atoms with Gasteiger partial charge in [-0.05, 0) is 121 Å². The number of esters is 1. The Morgan fingerprint density at radius 1 is 0.850 bits per heavy atom. The average Bonchev–Trinajstić information content (AvgIpc) is 3.51. The third-order valence-electron chi connectivity index (χ3n) is 10.9. The van der Waals surface area contributed by atoms with Crippen LogP contribution >= 0.6 is 0 Å². The van der Waals surface area contributed by atoms with Crippen LogP contribution in [-0.4, -0.2) is 56.7 Å². The molecule has 0 N–H and O–H groups in total. The normalized spacial score (nSPS) is 36.6. The van der Waals surface area contributed by atoms with E-state index in [0.717, 1.165) is 54.6 Å². The van der Waals surface area contributed by atoms with Gasteiger partial charge in [0.1, 0.15) is 11.6 Å². The molecule has 4 bridgehead atoms. The summed E-state index contributed by atoms with van der Waals surface area (Å²) >= 11 is 0. The molecule has 40 heavy (non-hydrogen) atoms. The van der Waals surface area contributed by atoms with Gasteiger partial charge in [0.25, 0.3) is 0 Å². The fourth-order valence-electron chi connectivity index (χ4n) is 9.80. The predicted octanol–water partition coefficient (Wildman–Crippen LogP) is 7.12. The lowest BCUT2D eigenvalue weighted by molar-refractivity contribution is -0.156. The number of anilines is 1. The maximum atomic E-state index is 13.3. The van der Waals surface area contributed by atoms with Crippen molar-refractivity contribution in [3.63, 3.8) is 0 Å². The molecule has 0 spiro atoms. The fourth-order valence-corrected chi connectivity index (χ4v) is 9.80.